The smallest absolute Gasteiger partial charge is 0.138 e. The number of aromatic nitrogens is 4. The summed E-state index contributed by atoms with van der Waals surface area (Å²) < 4.78 is 1.95. The molecular formula is C16H25N5. The normalized spacial score (nSPS) is 12.6. The Morgan fingerprint density at radius 3 is 2.71 bits per heavy atom. The van der Waals surface area contributed by atoms with Gasteiger partial charge < -0.3 is 5.32 Å². The highest BCUT2D eigenvalue weighted by Gasteiger charge is 2.18. The number of nitrogens with one attached hydrogen (secondary N) is 1. The van der Waals surface area contributed by atoms with E-state index in [1.165, 1.54) is 11.1 Å². The van der Waals surface area contributed by atoms with Crippen molar-refractivity contribution in [3.8, 4) is 0 Å². The zero-order valence-corrected chi connectivity index (χ0v) is 13.4. The lowest BCUT2D eigenvalue weighted by molar-refractivity contribution is 0.486. The minimum Gasteiger partial charge on any atom is -0.308 e. The van der Waals surface area contributed by atoms with E-state index in [0.717, 1.165) is 37.4 Å². The minimum absolute atomic E-state index is 0.181. The molecule has 0 fully saturated rings. The third-order valence-electron chi connectivity index (χ3n) is 3.61. The predicted molar refractivity (Wildman–Crippen MR) is 84.1 cm³/mol. The van der Waals surface area contributed by atoms with Gasteiger partial charge in [-0.05, 0) is 44.9 Å². The molecule has 114 valence electrons. The van der Waals surface area contributed by atoms with Crippen LogP contribution in [0.3, 0.4) is 0 Å². The Kier molecular flexibility index (Phi) is 5.44. The molecule has 21 heavy (non-hydrogen) atoms. The van der Waals surface area contributed by atoms with Crippen LogP contribution in [0, 0.1) is 13.8 Å². The maximum atomic E-state index is 4.65. The summed E-state index contributed by atoms with van der Waals surface area (Å²) in [5, 5.41) is 7.85. The van der Waals surface area contributed by atoms with Crippen LogP contribution in [0.5, 0.6) is 0 Å². The van der Waals surface area contributed by atoms with Crippen LogP contribution >= 0.6 is 0 Å². The van der Waals surface area contributed by atoms with Gasteiger partial charge in [-0.3, -0.25) is 9.67 Å². The average Bonchev–Trinajstić information content (AvgIpc) is 2.91. The molecule has 0 amide bonds. The lowest BCUT2D eigenvalue weighted by Crippen LogP contribution is -2.27. The van der Waals surface area contributed by atoms with Gasteiger partial charge in [-0.25, -0.2) is 4.98 Å². The molecule has 2 rings (SSSR count). The summed E-state index contributed by atoms with van der Waals surface area (Å²) in [7, 11) is 0. The van der Waals surface area contributed by atoms with Gasteiger partial charge in [-0.1, -0.05) is 13.0 Å². The van der Waals surface area contributed by atoms with Crippen molar-refractivity contribution in [3.05, 3.63) is 41.2 Å². The molecule has 0 saturated heterocycles. The zero-order chi connectivity index (χ0) is 15.2. The van der Waals surface area contributed by atoms with Gasteiger partial charge in [0.1, 0.15) is 12.2 Å². The molecule has 2 heterocycles. The molecule has 2 aromatic heterocycles. The van der Waals surface area contributed by atoms with Crippen LogP contribution < -0.4 is 5.32 Å². The van der Waals surface area contributed by atoms with Gasteiger partial charge in [0.05, 0.1) is 11.7 Å². The Morgan fingerprint density at radius 2 is 2.05 bits per heavy atom. The van der Waals surface area contributed by atoms with Gasteiger partial charge in [-0.15, -0.1) is 0 Å². The second-order valence-corrected chi connectivity index (χ2v) is 5.42. The van der Waals surface area contributed by atoms with Gasteiger partial charge in [-0.2, -0.15) is 5.10 Å². The van der Waals surface area contributed by atoms with E-state index in [2.05, 4.69) is 54.1 Å². The van der Waals surface area contributed by atoms with Crippen molar-refractivity contribution in [1.82, 2.24) is 25.1 Å². The average molecular weight is 287 g/mol. The molecule has 5 nitrogen and oxygen atoms in total. The summed E-state index contributed by atoms with van der Waals surface area (Å²) in [4.78, 5) is 9.04. The number of aryl methyl sites for hydroxylation is 3. The van der Waals surface area contributed by atoms with Crippen LogP contribution in [0.15, 0.2) is 18.6 Å². The lowest BCUT2D eigenvalue weighted by Gasteiger charge is -2.20. The molecule has 0 saturated carbocycles. The molecule has 0 aliphatic heterocycles. The van der Waals surface area contributed by atoms with Crippen molar-refractivity contribution < 1.29 is 0 Å². The van der Waals surface area contributed by atoms with E-state index in [9.17, 15) is 0 Å². The van der Waals surface area contributed by atoms with Crippen LogP contribution in [0.25, 0.3) is 0 Å². The number of hydrogen-bond acceptors (Lipinski definition) is 4. The van der Waals surface area contributed by atoms with Crippen LogP contribution in [-0.2, 0) is 13.0 Å². The Morgan fingerprint density at radius 1 is 1.24 bits per heavy atom. The largest absolute Gasteiger partial charge is 0.308 e. The summed E-state index contributed by atoms with van der Waals surface area (Å²) in [6, 6.07) is 2.37. The number of nitrogens with zero attached hydrogens (tertiary/aromatic N) is 4. The predicted octanol–water partition coefficient (Wildman–Crippen LogP) is 2.59. The Balaban J connectivity index is 2.25. The first kappa shape index (κ1) is 15.6. The molecule has 0 aliphatic rings. The van der Waals surface area contributed by atoms with E-state index in [1.54, 1.807) is 6.33 Å². The van der Waals surface area contributed by atoms with Crippen molar-refractivity contribution >= 4 is 0 Å². The summed E-state index contributed by atoms with van der Waals surface area (Å²) in [5.74, 6) is 1.01. The number of pyridine rings is 1. The first-order chi connectivity index (χ1) is 10.2. The van der Waals surface area contributed by atoms with E-state index in [1.807, 2.05) is 10.9 Å². The van der Waals surface area contributed by atoms with Gasteiger partial charge >= 0.3 is 0 Å². The Labute approximate surface area is 126 Å². The summed E-state index contributed by atoms with van der Waals surface area (Å²) in [5.41, 5.74) is 3.54. The molecule has 0 bridgehead atoms. The summed E-state index contributed by atoms with van der Waals surface area (Å²) in [6.07, 6.45) is 5.48. The van der Waals surface area contributed by atoms with E-state index < -0.39 is 0 Å². The van der Waals surface area contributed by atoms with E-state index in [0.29, 0.717) is 0 Å². The fraction of sp³-hybridized carbons (Fsp3) is 0.562. The molecule has 2 aromatic rings. The molecule has 0 radical (unpaired) electrons. The third kappa shape index (κ3) is 3.88. The fourth-order valence-corrected chi connectivity index (χ4v) is 2.57. The highest BCUT2D eigenvalue weighted by Crippen LogP contribution is 2.20. The van der Waals surface area contributed by atoms with Crippen molar-refractivity contribution in [2.24, 2.45) is 0 Å². The zero-order valence-electron chi connectivity index (χ0n) is 13.4. The first-order valence-corrected chi connectivity index (χ1v) is 7.68. The lowest BCUT2D eigenvalue weighted by atomic mass is 10.0. The van der Waals surface area contributed by atoms with Gasteiger partial charge in [0.15, 0.2) is 0 Å². The van der Waals surface area contributed by atoms with Crippen molar-refractivity contribution in [3.63, 3.8) is 0 Å². The van der Waals surface area contributed by atoms with Crippen molar-refractivity contribution in [2.75, 3.05) is 6.54 Å². The standard InChI is InChI=1S/C16H25N5/c1-5-7-17-14(9-15-19-11-20-21(15)6-2)16-13(4)8-12(3)10-18-16/h8,10-11,14,17H,5-7,9H2,1-4H3. The number of hydrogen-bond donors (Lipinski definition) is 1. The van der Waals surface area contributed by atoms with E-state index in [-0.39, 0.29) is 6.04 Å². The Hall–Kier alpha value is -1.75. The van der Waals surface area contributed by atoms with Gasteiger partial charge in [0, 0.05) is 19.2 Å². The second-order valence-electron chi connectivity index (χ2n) is 5.42. The molecule has 0 aromatic carbocycles. The molecular weight excluding hydrogens is 262 g/mol. The van der Waals surface area contributed by atoms with E-state index in [4.69, 9.17) is 0 Å². The van der Waals surface area contributed by atoms with Crippen molar-refractivity contribution in [1.29, 1.82) is 0 Å². The minimum atomic E-state index is 0.181. The molecule has 5 heteroatoms. The SMILES string of the molecule is CCCNC(Cc1ncnn1CC)c1ncc(C)cc1C. The van der Waals surface area contributed by atoms with Crippen LogP contribution in [-0.4, -0.2) is 26.3 Å². The van der Waals surface area contributed by atoms with Crippen LogP contribution in [0.4, 0.5) is 0 Å². The molecule has 1 N–H and O–H groups in total. The number of rotatable bonds is 7. The summed E-state index contributed by atoms with van der Waals surface area (Å²) >= 11 is 0. The molecule has 0 spiro atoms. The Bertz CT molecular complexity index is 576. The highest BCUT2D eigenvalue weighted by atomic mass is 15.3. The first-order valence-electron chi connectivity index (χ1n) is 7.68. The highest BCUT2D eigenvalue weighted by molar-refractivity contribution is 5.26. The maximum Gasteiger partial charge on any atom is 0.138 e. The molecule has 0 aliphatic carbocycles. The fourth-order valence-electron chi connectivity index (χ4n) is 2.57. The quantitative estimate of drug-likeness (QED) is 0.850. The maximum absolute atomic E-state index is 4.65. The van der Waals surface area contributed by atoms with Crippen LogP contribution in [0.2, 0.25) is 0 Å². The topological polar surface area (TPSA) is 55.6 Å². The van der Waals surface area contributed by atoms with Crippen LogP contribution in [0.1, 0.15) is 49.0 Å². The second kappa shape index (κ2) is 7.31. The monoisotopic (exact) mass is 287 g/mol. The molecule has 1 atom stereocenters. The van der Waals surface area contributed by atoms with E-state index >= 15 is 0 Å². The van der Waals surface area contributed by atoms with Crippen molar-refractivity contribution in [2.45, 2.75) is 53.1 Å². The van der Waals surface area contributed by atoms with Gasteiger partial charge in [0.2, 0.25) is 0 Å². The molecule has 1 unspecified atom stereocenters. The summed E-state index contributed by atoms with van der Waals surface area (Å²) in [6.45, 7) is 10.3. The third-order valence-corrected chi connectivity index (χ3v) is 3.61. The van der Waals surface area contributed by atoms with Gasteiger partial charge in [0.25, 0.3) is 0 Å².